The van der Waals surface area contributed by atoms with Crippen LogP contribution in [0.3, 0.4) is 0 Å². The largest absolute Gasteiger partial charge is 0.486 e. The van der Waals surface area contributed by atoms with Gasteiger partial charge in [0.05, 0.1) is 0 Å². The third-order valence-corrected chi connectivity index (χ3v) is 5.54. The standard InChI is InChI=1S/C25H31NO4/c1-18-3-11-23(12-4-18)29-16-22(27)15-20-7-9-21(10-8-20)26-25(28)17-30-24-13-5-19(2)6-14-24/h3-6,11-14,20-21H,7-10,15-17H2,1-2H3,(H,26,28). The van der Waals surface area contributed by atoms with Crippen molar-refractivity contribution in [3.05, 3.63) is 59.7 Å². The van der Waals surface area contributed by atoms with E-state index >= 15 is 0 Å². The second-order valence-corrected chi connectivity index (χ2v) is 8.23. The van der Waals surface area contributed by atoms with Crippen molar-refractivity contribution < 1.29 is 19.1 Å². The molecular weight excluding hydrogens is 378 g/mol. The van der Waals surface area contributed by atoms with E-state index in [0.717, 1.165) is 37.0 Å². The zero-order valence-corrected chi connectivity index (χ0v) is 17.9. The lowest BCUT2D eigenvalue weighted by Gasteiger charge is -2.28. The molecule has 0 heterocycles. The predicted molar refractivity (Wildman–Crippen MR) is 117 cm³/mol. The summed E-state index contributed by atoms with van der Waals surface area (Å²) in [7, 11) is 0. The fourth-order valence-corrected chi connectivity index (χ4v) is 3.74. The Labute approximate surface area is 178 Å². The monoisotopic (exact) mass is 409 g/mol. The highest BCUT2D eigenvalue weighted by atomic mass is 16.5. The maximum atomic E-state index is 12.2. The minimum Gasteiger partial charge on any atom is -0.486 e. The van der Waals surface area contributed by atoms with E-state index in [2.05, 4.69) is 5.32 Å². The van der Waals surface area contributed by atoms with Crippen LogP contribution < -0.4 is 14.8 Å². The van der Waals surface area contributed by atoms with Crippen LogP contribution in [0.15, 0.2) is 48.5 Å². The van der Waals surface area contributed by atoms with Gasteiger partial charge in [-0.05, 0) is 69.7 Å². The number of ether oxygens (including phenoxy) is 2. The van der Waals surface area contributed by atoms with Gasteiger partial charge in [-0.2, -0.15) is 0 Å². The second-order valence-electron chi connectivity index (χ2n) is 8.23. The predicted octanol–water partition coefficient (Wildman–Crippen LogP) is 4.40. The van der Waals surface area contributed by atoms with E-state index in [0.29, 0.717) is 18.1 Å². The van der Waals surface area contributed by atoms with Gasteiger partial charge in [0.25, 0.3) is 5.91 Å². The van der Waals surface area contributed by atoms with Gasteiger partial charge < -0.3 is 14.8 Å². The summed E-state index contributed by atoms with van der Waals surface area (Å²) in [4.78, 5) is 24.4. The highest BCUT2D eigenvalue weighted by molar-refractivity contribution is 5.80. The van der Waals surface area contributed by atoms with Crippen LogP contribution in [0.2, 0.25) is 0 Å². The Morgan fingerprint density at radius 2 is 1.30 bits per heavy atom. The van der Waals surface area contributed by atoms with E-state index in [1.807, 2.05) is 62.4 Å². The molecule has 1 aliphatic carbocycles. The van der Waals surface area contributed by atoms with Crippen molar-refractivity contribution >= 4 is 11.7 Å². The lowest BCUT2D eigenvalue weighted by atomic mass is 9.83. The summed E-state index contributed by atoms with van der Waals surface area (Å²) < 4.78 is 11.1. The Morgan fingerprint density at radius 3 is 1.83 bits per heavy atom. The van der Waals surface area contributed by atoms with Crippen LogP contribution in [-0.2, 0) is 9.59 Å². The average molecular weight is 410 g/mol. The molecule has 0 bridgehead atoms. The number of hydrogen-bond donors (Lipinski definition) is 1. The molecule has 0 saturated heterocycles. The fraction of sp³-hybridized carbons (Fsp3) is 0.440. The maximum absolute atomic E-state index is 12.2. The number of hydrogen-bond acceptors (Lipinski definition) is 4. The Balaban J connectivity index is 1.31. The van der Waals surface area contributed by atoms with Crippen molar-refractivity contribution in [1.29, 1.82) is 0 Å². The molecule has 1 fully saturated rings. The number of amides is 1. The average Bonchev–Trinajstić information content (AvgIpc) is 2.74. The zero-order valence-electron chi connectivity index (χ0n) is 17.9. The number of Topliss-reactive ketones (excluding diaryl/α,β-unsaturated/α-hetero) is 1. The second kappa shape index (κ2) is 10.8. The number of carbonyl (C=O) groups is 2. The minimum atomic E-state index is -0.0957. The van der Waals surface area contributed by atoms with Crippen LogP contribution >= 0.6 is 0 Å². The first kappa shape index (κ1) is 21.9. The minimum absolute atomic E-state index is 0.0256. The molecule has 1 N–H and O–H groups in total. The van der Waals surface area contributed by atoms with Crippen LogP contribution in [0.1, 0.15) is 43.2 Å². The summed E-state index contributed by atoms with van der Waals surface area (Å²) in [6, 6.07) is 15.5. The molecule has 0 spiro atoms. The van der Waals surface area contributed by atoms with Gasteiger partial charge in [-0.1, -0.05) is 35.4 Å². The molecule has 5 heteroatoms. The topological polar surface area (TPSA) is 64.6 Å². The highest BCUT2D eigenvalue weighted by Crippen LogP contribution is 2.27. The summed E-state index contributed by atoms with van der Waals surface area (Å²) in [5.41, 5.74) is 2.32. The molecule has 1 aliphatic rings. The van der Waals surface area contributed by atoms with E-state index in [1.54, 1.807) is 0 Å². The van der Waals surface area contributed by atoms with Crippen molar-refractivity contribution in [2.24, 2.45) is 5.92 Å². The molecule has 0 unspecified atom stereocenters. The van der Waals surface area contributed by atoms with E-state index in [1.165, 1.54) is 5.56 Å². The van der Waals surface area contributed by atoms with E-state index < -0.39 is 0 Å². The Bertz CT molecular complexity index is 750. The molecule has 5 nitrogen and oxygen atoms in total. The number of benzene rings is 2. The maximum Gasteiger partial charge on any atom is 0.258 e. The normalized spacial score (nSPS) is 18.5. The summed E-state index contributed by atoms with van der Waals surface area (Å²) in [5, 5.41) is 3.05. The van der Waals surface area contributed by atoms with Crippen molar-refractivity contribution in [1.82, 2.24) is 5.32 Å². The van der Waals surface area contributed by atoms with Gasteiger partial charge in [-0.25, -0.2) is 0 Å². The van der Waals surface area contributed by atoms with Gasteiger partial charge in [0.15, 0.2) is 12.4 Å². The number of nitrogens with one attached hydrogen (secondary N) is 1. The number of ketones is 1. The number of rotatable bonds is 9. The lowest BCUT2D eigenvalue weighted by molar-refractivity contribution is -0.125. The Morgan fingerprint density at radius 1 is 0.800 bits per heavy atom. The summed E-state index contributed by atoms with van der Waals surface area (Å²) >= 11 is 0. The van der Waals surface area contributed by atoms with Crippen molar-refractivity contribution in [3.8, 4) is 11.5 Å². The molecule has 3 rings (SSSR count). The molecule has 1 amide bonds. The first-order valence-corrected chi connectivity index (χ1v) is 10.7. The van der Waals surface area contributed by atoms with Crippen LogP contribution in [0.4, 0.5) is 0 Å². The molecule has 1 saturated carbocycles. The smallest absolute Gasteiger partial charge is 0.258 e. The van der Waals surface area contributed by atoms with E-state index in [4.69, 9.17) is 9.47 Å². The van der Waals surface area contributed by atoms with Crippen LogP contribution in [-0.4, -0.2) is 30.9 Å². The quantitative estimate of drug-likeness (QED) is 0.667. The third-order valence-electron chi connectivity index (χ3n) is 5.54. The SMILES string of the molecule is Cc1ccc(OCC(=O)CC2CCC(NC(=O)COc3ccc(C)cc3)CC2)cc1. The molecule has 0 aromatic heterocycles. The Kier molecular flexibility index (Phi) is 7.89. The van der Waals surface area contributed by atoms with E-state index in [9.17, 15) is 9.59 Å². The van der Waals surface area contributed by atoms with Crippen LogP contribution in [0.25, 0.3) is 0 Å². The molecule has 30 heavy (non-hydrogen) atoms. The first-order chi connectivity index (χ1) is 14.5. The molecule has 0 aliphatic heterocycles. The summed E-state index contributed by atoms with van der Waals surface area (Å²) in [6.07, 6.45) is 4.23. The van der Waals surface area contributed by atoms with Crippen LogP contribution in [0.5, 0.6) is 11.5 Å². The van der Waals surface area contributed by atoms with Crippen LogP contribution in [0, 0.1) is 19.8 Å². The number of aryl methyl sites for hydroxylation is 2. The van der Waals surface area contributed by atoms with Gasteiger partial charge >= 0.3 is 0 Å². The summed E-state index contributed by atoms with van der Waals surface area (Å²) in [5.74, 6) is 1.84. The Hall–Kier alpha value is -2.82. The highest BCUT2D eigenvalue weighted by Gasteiger charge is 2.24. The van der Waals surface area contributed by atoms with Gasteiger partial charge in [-0.15, -0.1) is 0 Å². The molecule has 160 valence electrons. The molecular formula is C25H31NO4. The molecule has 2 aromatic carbocycles. The summed E-state index contributed by atoms with van der Waals surface area (Å²) in [6.45, 7) is 4.18. The van der Waals surface area contributed by atoms with Gasteiger partial charge in [0.2, 0.25) is 0 Å². The van der Waals surface area contributed by atoms with E-state index in [-0.39, 0.29) is 30.9 Å². The van der Waals surface area contributed by atoms with Gasteiger partial charge in [0.1, 0.15) is 18.1 Å². The fourth-order valence-electron chi connectivity index (χ4n) is 3.74. The van der Waals surface area contributed by atoms with Crippen molar-refractivity contribution in [2.75, 3.05) is 13.2 Å². The molecule has 0 atom stereocenters. The first-order valence-electron chi connectivity index (χ1n) is 10.7. The third kappa shape index (κ3) is 7.21. The van der Waals surface area contributed by atoms with Crippen molar-refractivity contribution in [2.45, 2.75) is 52.0 Å². The molecule has 0 radical (unpaired) electrons. The molecule has 2 aromatic rings. The van der Waals surface area contributed by atoms with Gasteiger partial charge in [-0.3, -0.25) is 9.59 Å². The van der Waals surface area contributed by atoms with Crippen molar-refractivity contribution in [3.63, 3.8) is 0 Å². The lowest BCUT2D eigenvalue weighted by Crippen LogP contribution is -2.40. The van der Waals surface area contributed by atoms with Gasteiger partial charge in [0, 0.05) is 12.5 Å². The zero-order chi connectivity index (χ0) is 21.3. The number of carbonyl (C=O) groups excluding carboxylic acids is 2.